The first-order chi connectivity index (χ1) is 10.3. The Balaban J connectivity index is 0.00000242. The molecule has 3 N–H and O–H groups in total. The summed E-state index contributed by atoms with van der Waals surface area (Å²) in [4.78, 5) is 5.65. The molecular formula is C15H26IN3O2S. The van der Waals surface area contributed by atoms with Crippen LogP contribution in [0, 0.1) is 0 Å². The number of nitrogens with zero attached hydrogens (tertiary/aromatic N) is 1. The van der Waals surface area contributed by atoms with Gasteiger partial charge in [0.1, 0.15) is 0 Å². The van der Waals surface area contributed by atoms with E-state index in [2.05, 4.69) is 27.8 Å². The van der Waals surface area contributed by atoms with Gasteiger partial charge in [0.05, 0.1) is 12.7 Å². The minimum absolute atomic E-state index is 0. The fourth-order valence-corrected chi connectivity index (χ4v) is 2.89. The highest BCUT2D eigenvalue weighted by molar-refractivity contribution is 14.0. The molecule has 0 bridgehead atoms. The molecule has 1 atom stereocenters. The van der Waals surface area contributed by atoms with Crippen molar-refractivity contribution >= 4 is 41.3 Å². The number of aliphatic imine (C=N–C) groups is 1. The summed E-state index contributed by atoms with van der Waals surface area (Å²) in [6.45, 7) is 3.82. The molecule has 1 aromatic heterocycles. The van der Waals surface area contributed by atoms with Gasteiger partial charge in [0.2, 0.25) is 0 Å². The number of hydrogen-bond donors (Lipinski definition) is 2. The molecule has 0 aliphatic carbocycles. The quantitative estimate of drug-likeness (QED) is 0.268. The molecule has 0 saturated carbocycles. The summed E-state index contributed by atoms with van der Waals surface area (Å²) >= 11 is 1.76. The Kier molecular flexibility index (Phi) is 10.8. The fourth-order valence-electron chi connectivity index (χ4n) is 2.18. The van der Waals surface area contributed by atoms with Crippen molar-refractivity contribution in [2.24, 2.45) is 10.7 Å². The number of halogens is 1. The van der Waals surface area contributed by atoms with Gasteiger partial charge in [-0.1, -0.05) is 6.07 Å². The Morgan fingerprint density at radius 2 is 2.45 bits per heavy atom. The lowest BCUT2D eigenvalue weighted by Crippen LogP contribution is -2.33. The topological polar surface area (TPSA) is 68.9 Å². The van der Waals surface area contributed by atoms with Gasteiger partial charge in [-0.2, -0.15) is 0 Å². The van der Waals surface area contributed by atoms with E-state index in [0.29, 0.717) is 31.8 Å². The van der Waals surface area contributed by atoms with E-state index in [-0.39, 0.29) is 24.0 Å². The highest BCUT2D eigenvalue weighted by Gasteiger charge is 2.14. The Morgan fingerprint density at radius 1 is 1.55 bits per heavy atom. The van der Waals surface area contributed by atoms with E-state index in [4.69, 9.17) is 15.2 Å². The van der Waals surface area contributed by atoms with Crippen LogP contribution in [0.25, 0.3) is 0 Å². The molecule has 0 aromatic carbocycles. The van der Waals surface area contributed by atoms with Gasteiger partial charge in [-0.25, -0.2) is 0 Å². The summed E-state index contributed by atoms with van der Waals surface area (Å²) in [7, 11) is 0. The minimum atomic E-state index is 0. The van der Waals surface area contributed by atoms with Crippen molar-refractivity contribution in [1.29, 1.82) is 0 Å². The Hall–Kier alpha value is -0.380. The van der Waals surface area contributed by atoms with E-state index >= 15 is 0 Å². The molecule has 2 heterocycles. The number of ether oxygens (including phenoxy) is 2. The molecule has 5 nitrogen and oxygen atoms in total. The molecule has 1 unspecified atom stereocenters. The predicted molar refractivity (Wildman–Crippen MR) is 102 cm³/mol. The van der Waals surface area contributed by atoms with Crippen LogP contribution >= 0.6 is 35.3 Å². The number of nitrogens with one attached hydrogen (secondary N) is 1. The predicted octanol–water partition coefficient (Wildman–Crippen LogP) is 2.40. The molecule has 0 radical (unpaired) electrons. The van der Waals surface area contributed by atoms with Crippen LogP contribution in [0.1, 0.15) is 24.1 Å². The van der Waals surface area contributed by atoms with Crippen molar-refractivity contribution in [3.05, 3.63) is 22.4 Å². The molecule has 7 heteroatoms. The number of rotatable bonds is 9. The Labute approximate surface area is 153 Å². The summed E-state index contributed by atoms with van der Waals surface area (Å²) in [5, 5.41) is 5.22. The lowest BCUT2D eigenvalue weighted by molar-refractivity contribution is 0.0171. The highest BCUT2D eigenvalue weighted by Crippen LogP contribution is 2.11. The number of nitrogens with two attached hydrogens (primary N) is 1. The summed E-state index contributed by atoms with van der Waals surface area (Å²) in [6.07, 6.45) is 4.46. The van der Waals surface area contributed by atoms with Crippen molar-refractivity contribution < 1.29 is 9.47 Å². The third kappa shape index (κ3) is 8.30. The van der Waals surface area contributed by atoms with Crippen LogP contribution in [0.3, 0.4) is 0 Å². The molecular weight excluding hydrogens is 413 g/mol. The third-order valence-electron chi connectivity index (χ3n) is 3.31. The smallest absolute Gasteiger partial charge is 0.188 e. The summed E-state index contributed by atoms with van der Waals surface area (Å²) in [5.74, 6) is 0.519. The molecule has 22 heavy (non-hydrogen) atoms. The van der Waals surface area contributed by atoms with E-state index in [1.807, 2.05) is 0 Å². The molecule has 1 aliphatic heterocycles. The van der Waals surface area contributed by atoms with Crippen LogP contribution in [0.15, 0.2) is 22.5 Å². The minimum Gasteiger partial charge on any atom is -0.379 e. The average Bonchev–Trinajstić information content (AvgIpc) is 3.16. The number of thiophene rings is 1. The standard InChI is InChI=1S/C15H25N3O2S.HI/c16-15(18-8-6-14-5-2-11-21-14)17-7-3-9-19-12-13-4-1-10-20-13;/h2,5,11,13H,1,3-4,6-10,12H2,(H3,16,17,18);1H. The number of hydrogen-bond acceptors (Lipinski definition) is 4. The van der Waals surface area contributed by atoms with Crippen LogP contribution in [-0.2, 0) is 15.9 Å². The SMILES string of the molecule is I.NC(=NCCCOCC1CCCO1)NCCc1cccs1. The summed E-state index contributed by atoms with van der Waals surface area (Å²) < 4.78 is 11.1. The van der Waals surface area contributed by atoms with Crippen molar-refractivity contribution in [3.8, 4) is 0 Å². The first-order valence-corrected chi connectivity index (χ1v) is 8.48. The maximum atomic E-state index is 5.81. The van der Waals surface area contributed by atoms with Gasteiger partial charge in [-0.05, 0) is 37.1 Å². The van der Waals surface area contributed by atoms with E-state index in [1.54, 1.807) is 11.3 Å². The van der Waals surface area contributed by atoms with Gasteiger partial charge in [-0.3, -0.25) is 4.99 Å². The molecule has 1 fully saturated rings. The second-order valence-corrected chi connectivity index (χ2v) is 6.12. The molecule has 126 valence electrons. The molecule has 1 saturated heterocycles. The molecule has 1 aliphatic rings. The average molecular weight is 439 g/mol. The van der Waals surface area contributed by atoms with Crippen molar-refractivity contribution in [1.82, 2.24) is 5.32 Å². The lowest BCUT2D eigenvalue weighted by atomic mass is 10.2. The number of guanidine groups is 1. The van der Waals surface area contributed by atoms with Crippen molar-refractivity contribution in [2.45, 2.75) is 31.8 Å². The summed E-state index contributed by atoms with van der Waals surface area (Å²) in [6, 6.07) is 4.19. The largest absolute Gasteiger partial charge is 0.379 e. The first kappa shape index (κ1) is 19.7. The zero-order chi connectivity index (χ0) is 14.8. The van der Waals surface area contributed by atoms with Gasteiger partial charge in [0.25, 0.3) is 0 Å². The van der Waals surface area contributed by atoms with Crippen LogP contribution < -0.4 is 11.1 Å². The van der Waals surface area contributed by atoms with E-state index < -0.39 is 0 Å². The normalized spacial score (nSPS) is 18.2. The molecule has 0 amide bonds. The van der Waals surface area contributed by atoms with Crippen LogP contribution in [-0.4, -0.2) is 45.0 Å². The van der Waals surface area contributed by atoms with Crippen molar-refractivity contribution in [3.63, 3.8) is 0 Å². The monoisotopic (exact) mass is 439 g/mol. The maximum absolute atomic E-state index is 5.81. The Bertz CT molecular complexity index is 409. The summed E-state index contributed by atoms with van der Waals surface area (Å²) in [5.41, 5.74) is 5.81. The maximum Gasteiger partial charge on any atom is 0.188 e. The van der Waals surface area contributed by atoms with Gasteiger partial charge in [0, 0.05) is 31.2 Å². The van der Waals surface area contributed by atoms with Gasteiger partial charge in [-0.15, -0.1) is 35.3 Å². The van der Waals surface area contributed by atoms with E-state index in [0.717, 1.165) is 38.8 Å². The van der Waals surface area contributed by atoms with E-state index in [1.165, 1.54) is 4.88 Å². The second kappa shape index (κ2) is 12.1. The third-order valence-corrected chi connectivity index (χ3v) is 4.25. The van der Waals surface area contributed by atoms with Gasteiger partial charge >= 0.3 is 0 Å². The lowest BCUT2D eigenvalue weighted by Gasteiger charge is -2.09. The molecule has 1 aromatic rings. The van der Waals surface area contributed by atoms with Crippen LogP contribution in [0.4, 0.5) is 0 Å². The fraction of sp³-hybridized carbons (Fsp3) is 0.667. The zero-order valence-electron chi connectivity index (χ0n) is 12.8. The highest BCUT2D eigenvalue weighted by atomic mass is 127. The Morgan fingerprint density at radius 3 is 3.18 bits per heavy atom. The molecule has 2 rings (SSSR count). The van der Waals surface area contributed by atoms with Gasteiger partial charge in [0.15, 0.2) is 5.96 Å². The van der Waals surface area contributed by atoms with Crippen LogP contribution in [0.2, 0.25) is 0 Å². The van der Waals surface area contributed by atoms with E-state index in [9.17, 15) is 0 Å². The zero-order valence-corrected chi connectivity index (χ0v) is 16.0. The second-order valence-electron chi connectivity index (χ2n) is 5.09. The van der Waals surface area contributed by atoms with Gasteiger partial charge < -0.3 is 20.5 Å². The van der Waals surface area contributed by atoms with Crippen LogP contribution in [0.5, 0.6) is 0 Å². The van der Waals surface area contributed by atoms with Crippen molar-refractivity contribution in [2.75, 3.05) is 32.9 Å². The first-order valence-electron chi connectivity index (χ1n) is 7.60. The molecule has 0 spiro atoms.